The minimum atomic E-state index is -0.00728. The number of hydrogen-bond donors (Lipinski definition) is 2. The molecule has 92 valence electrons. The number of amides is 1. The molecule has 0 bridgehead atoms. The van der Waals surface area contributed by atoms with Crippen molar-refractivity contribution in [1.82, 2.24) is 10.6 Å². The van der Waals surface area contributed by atoms with Crippen molar-refractivity contribution in [2.45, 2.75) is 58.5 Å². The number of nitrogens with one attached hydrogen (secondary N) is 2. The fourth-order valence-corrected chi connectivity index (χ4v) is 1.26. The molecule has 0 aromatic rings. The van der Waals surface area contributed by atoms with E-state index in [1.165, 1.54) is 0 Å². The van der Waals surface area contributed by atoms with E-state index in [0.717, 1.165) is 6.42 Å². The van der Waals surface area contributed by atoms with Gasteiger partial charge in [-0.2, -0.15) is 5.26 Å². The first-order valence-corrected chi connectivity index (χ1v) is 5.80. The van der Waals surface area contributed by atoms with Gasteiger partial charge in [-0.25, -0.2) is 0 Å². The quantitative estimate of drug-likeness (QED) is 0.721. The molecule has 0 aromatic carbocycles. The molecule has 0 saturated heterocycles. The zero-order chi connectivity index (χ0) is 12.6. The van der Waals surface area contributed by atoms with Gasteiger partial charge in [-0.15, -0.1) is 0 Å². The summed E-state index contributed by atoms with van der Waals surface area (Å²) in [7, 11) is 0. The van der Waals surface area contributed by atoms with Crippen LogP contribution in [0.2, 0.25) is 0 Å². The molecule has 4 heteroatoms. The van der Waals surface area contributed by atoms with E-state index in [0.29, 0.717) is 19.4 Å². The molecule has 1 amide bonds. The normalized spacial score (nSPS) is 12.9. The lowest BCUT2D eigenvalue weighted by molar-refractivity contribution is -0.121. The minimum Gasteiger partial charge on any atom is -0.352 e. The first-order chi connectivity index (χ1) is 7.39. The van der Waals surface area contributed by atoms with E-state index in [4.69, 9.17) is 5.26 Å². The van der Waals surface area contributed by atoms with Crippen LogP contribution in [0.5, 0.6) is 0 Å². The number of carbonyl (C=O) groups is 1. The number of carbonyl (C=O) groups excluding carboxylic acids is 1. The molecule has 0 aliphatic rings. The third-order valence-electron chi connectivity index (χ3n) is 2.20. The Morgan fingerprint density at radius 1 is 1.44 bits per heavy atom. The number of hydrogen-bond acceptors (Lipinski definition) is 3. The lowest BCUT2D eigenvalue weighted by Crippen LogP contribution is -2.40. The molecule has 16 heavy (non-hydrogen) atoms. The SMILES string of the molecule is CCC(CC#N)NC(=O)CCNC(C)(C)C. The summed E-state index contributed by atoms with van der Waals surface area (Å²) in [5.74, 6) is 0.0128. The highest BCUT2D eigenvalue weighted by Gasteiger charge is 2.12. The third-order valence-corrected chi connectivity index (χ3v) is 2.20. The van der Waals surface area contributed by atoms with Crippen molar-refractivity contribution in [3.63, 3.8) is 0 Å². The highest BCUT2D eigenvalue weighted by Crippen LogP contribution is 1.99. The van der Waals surface area contributed by atoms with E-state index in [-0.39, 0.29) is 17.5 Å². The summed E-state index contributed by atoms with van der Waals surface area (Å²) < 4.78 is 0. The second kappa shape index (κ2) is 7.24. The monoisotopic (exact) mass is 225 g/mol. The van der Waals surface area contributed by atoms with Crippen molar-refractivity contribution in [2.24, 2.45) is 0 Å². The van der Waals surface area contributed by atoms with Gasteiger partial charge in [-0.3, -0.25) is 4.79 Å². The van der Waals surface area contributed by atoms with Crippen molar-refractivity contribution in [1.29, 1.82) is 5.26 Å². The van der Waals surface area contributed by atoms with Crippen LogP contribution >= 0.6 is 0 Å². The standard InChI is InChI=1S/C12H23N3O/c1-5-10(6-8-13)15-11(16)7-9-14-12(2,3)4/h10,14H,5-7,9H2,1-4H3,(H,15,16). The summed E-state index contributed by atoms with van der Waals surface area (Å²) >= 11 is 0. The van der Waals surface area contributed by atoms with Crippen LogP contribution in [0, 0.1) is 11.3 Å². The smallest absolute Gasteiger partial charge is 0.221 e. The average Bonchev–Trinajstić information content (AvgIpc) is 2.15. The minimum absolute atomic E-state index is 0.00728. The van der Waals surface area contributed by atoms with Crippen LogP contribution in [0.3, 0.4) is 0 Å². The fraction of sp³-hybridized carbons (Fsp3) is 0.833. The topological polar surface area (TPSA) is 64.9 Å². The van der Waals surface area contributed by atoms with Gasteiger partial charge in [-0.1, -0.05) is 6.92 Å². The maximum atomic E-state index is 11.5. The summed E-state index contributed by atoms with van der Waals surface area (Å²) in [6.07, 6.45) is 1.64. The van der Waals surface area contributed by atoms with E-state index < -0.39 is 0 Å². The van der Waals surface area contributed by atoms with Gasteiger partial charge in [-0.05, 0) is 27.2 Å². The average molecular weight is 225 g/mol. The van der Waals surface area contributed by atoms with Crippen LogP contribution in [0.1, 0.15) is 47.0 Å². The van der Waals surface area contributed by atoms with Crippen molar-refractivity contribution in [3.8, 4) is 6.07 Å². The molecule has 0 fully saturated rings. The highest BCUT2D eigenvalue weighted by molar-refractivity contribution is 5.76. The van der Waals surface area contributed by atoms with Crippen LogP contribution in [-0.2, 0) is 4.79 Å². The van der Waals surface area contributed by atoms with E-state index in [1.54, 1.807) is 0 Å². The molecule has 1 unspecified atom stereocenters. The molecule has 4 nitrogen and oxygen atoms in total. The number of nitrogens with zero attached hydrogens (tertiary/aromatic N) is 1. The Morgan fingerprint density at radius 2 is 2.06 bits per heavy atom. The van der Waals surface area contributed by atoms with E-state index in [2.05, 4.69) is 37.5 Å². The van der Waals surface area contributed by atoms with Crippen LogP contribution in [0.25, 0.3) is 0 Å². The molecule has 2 N–H and O–H groups in total. The largest absolute Gasteiger partial charge is 0.352 e. The van der Waals surface area contributed by atoms with Crippen LogP contribution in [0.15, 0.2) is 0 Å². The predicted octanol–water partition coefficient (Wildman–Crippen LogP) is 1.57. The molecule has 0 aliphatic carbocycles. The Kier molecular flexibility index (Phi) is 6.75. The second-order valence-electron chi connectivity index (χ2n) is 4.96. The molecule has 1 atom stereocenters. The molecular formula is C12H23N3O. The Bertz CT molecular complexity index is 250. The molecule has 0 saturated carbocycles. The Labute approximate surface area is 98.4 Å². The highest BCUT2D eigenvalue weighted by atomic mass is 16.1. The molecule has 0 radical (unpaired) electrons. The predicted molar refractivity (Wildman–Crippen MR) is 64.8 cm³/mol. The van der Waals surface area contributed by atoms with Crippen LogP contribution < -0.4 is 10.6 Å². The lowest BCUT2D eigenvalue weighted by atomic mass is 10.1. The lowest BCUT2D eigenvalue weighted by Gasteiger charge is -2.20. The summed E-state index contributed by atoms with van der Waals surface area (Å²) in [5, 5.41) is 14.7. The third kappa shape index (κ3) is 8.25. The summed E-state index contributed by atoms with van der Waals surface area (Å²) in [6.45, 7) is 8.83. The summed E-state index contributed by atoms with van der Waals surface area (Å²) in [6, 6.07) is 2.07. The van der Waals surface area contributed by atoms with Crippen molar-refractivity contribution >= 4 is 5.91 Å². The van der Waals surface area contributed by atoms with Gasteiger partial charge >= 0.3 is 0 Å². The number of nitriles is 1. The van der Waals surface area contributed by atoms with Crippen molar-refractivity contribution in [3.05, 3.63) is 0 Å². The molecular weight excluding hydrogens is 202 g/mol. The first kappa shape index (κ1) is 14.9. The van der Waals surface area contributed by atoms with Gasteiger partial charge in [0.15, 0.2) is 0 Å². The van der Waals surface area contributed by atoms with Crippen molar-refractivity contribution in [2.75, 3.05) is 6.54 Å². The van der Waals surface area contributed by atoms with E-state index >= 15 is 0 Å². The van der Waals surface area contributed by atoms with Gasteiger partial charge in [0.25, 0.3) is 0 Å². The van der Waals surface area contributed by atoms with E-state index in [1.807, 2.05) is 6.92 Å². The fourth-order valence-electron chi connectivity index (χ4n) is 1.26. The second-order valence-corrected chi connectivity index (χ2v) is 4.96. The molecule has 0 spiro atoms. The molecule has 0 rings (SSSR count). The first-order valence-electron chi connectivity index (χ1n) is 5.80. The summed E-state index contributed by atoms with van der Waals surface area (Å²) in [4.78, 5) is 11.5. The molecule has 0 aliphatic heterocycles. The van der Waals surface area contributed by atoms with Gasteiger partial charge in [0.05, 0.1) is 12.5 Å². The van der Waals surface area contributed by atoms with E-state index in [9.17, 15) is 4.79 Å². The van der Waals surface area contributed by atoms with Crippen LogP contribution in [-0.4, -0.2) is 24.0 Å². The zero-order valence-corrected chi connectivity index (χ0v) is 10.8. The number of rotatable bonds is 6. The Morgan fingerprint density at radius 3 is 2.50 bits per heavy atom. The molecule has 0 aromatic heterocycles. The Hall–Kier alpha value is -1.08. The maximum absolute atomic E-state index is 11.5. The summed E-state index contributed by atoms with van der Waals surface area (Å²) in [5.41, 5.74) is 0.0388. The maximum Gasteiger partial charge on any atom is 0.221 e. The van der Waals surface area contributed by atoms with Gasteiger partial charge in [0.2, 0.25) is 5.91 Å². The van der Waals surface area contributed by atoms with Gasteiger partial charge in [0, 0.05) is 24.5 Å². The zero-order valence-electron chi connectivity index (χ0n) is 10.8. The van der Waals surface area contributed by atoms with Gasteiger partial charge < -0.3 is 10.6 Å². The van der Waals surface area contributed by atoms with Gasteiger partial charge in [0.1, 0.15) is 0 Å². The Balaban J connectivity index is 3.78. The molecule has 0 heterocycles. The van der Waals surface area contributed by atoms with Crippen LogP contribution in [0.4, 0.5) is 0 Å². The van der Waals surface area contributed by atoms with Crippen molar-refractivity contribution < 1.29 is 4.79 Å².